The monoisotopic (exact) mass is 378 g/mol. The largest absolute Gasteiger partial charge is 0.493 e. The summed E-state index contributed by atoms with van der Waals surface area (Å²) in [7, 11) is 1.89. The molecule has 1 N–H and O–H groups in total. The van der Waals surface area contributed by atoms with Gasteiger partial charge in [0.2, 0.25) is 5.91 Å². The van der Waals surface area contributed by atoms with Gasteiger partial charge in [0.05, 0.1) is 12.6 Å². The van der Waals surface area contributed by atoms with E-state index >= 15 is 0 Å². The smallest absolute Gasteiger partial charge is 0.223 e. The van der Waals surface area contributed by atoms with E-state index in [0.29, 0.717) is 18.1 Å². The maximum atomic E-state index is 12.9. The second-order valence-corrected chi connectivity index (χ2v) is 7.47. The topological polar surface area (TPSA) is 69.0 Å². The second-order valence-electron chi connectivity index (χ2n) is 6.41. The van der Waals surface area contributed by atoms with Gasteiger partial charge in [0.1, 0.15) is 11.6 Å². The van der Waals surface area contributed by atoms with Crippen LogP contribution in [0.2, 0.25) is 0 Å². The number of nitrogens with zero attached hydrogens (tertiary/aromatic N) is 3. The van der Waals surface area contributed by atoms with Gasteiger partial charge >= 0.3 is 0 Å². The Hall–Kier alpha value is -2.09. The molecule has 1 aliphatic carbocycles. The Kier molecular flexibility index (Phi) is 6.13. The summed E-state index contributed by atoms with van der Waals surface area (Å²) in [4.78, 5) is 12.1. The molecule has 2 aromatic rings. The lowest BCUT2D eigenvalue weighted by molar-refractivity contribution is -0.128. The number of rotatable bonds is 8. The SMILES string of the molecule is C[C@H](NC(=O)C1CCC1)c1nnc(SCCOc2ccc(F)cc2)n1C. The third kappa shape index (κ3) is 4.55. The maximum absolute atomic E-state index is 12.9. The van der Waals surface area contributed by atoms with Crippen LogP contribution in [0.15, 0.2) is 29.4 Å². The Bertz CT molecular complexity index is 746. The first-order valence-electron chi connectivity index (χ1n) is 8.75. The van der Waals surface area contributed by atoms with E-state index in [-0.39, 0.29) is 23.7 Å². The lowest BCUT2D eigenvalue weighted by atomic mass is 9.84. The van der Waals surface area contributed by atoms with Crippen LogP contribution in [0.4, 0.5) is 4.39 Å². The molecule has 0 spiro atoms. The summed E-state index contributed by atoms with van der Waals surface area (Å²) < 4.78 is 20.3. The third-order valence-corrected chi connectivity index (χ3v) is 5.47. The summed E-state index contributed by atoms with van der Waals surface area (Å²) in [6.45, 7) is 2.40. The van der Waals surface area contributed by atoms with Gasteiger partial charge in [0, 0.05) is 18.7 Å². The molecular weight excluding hydrogens is 355 g/mol. The molecule has 26 heavy (non-hydrogen) atoms. The summed E-state index contributed by atoms with van der Waals surface area (Å²) in [6, 6.07) is 5.78. The number of amides is 1. The van der Waals surface area contributed by atoms with Gasteiger partial charge < -0.3 is 14.6 Å². The van der Waals surface area contributed by atoms with Crippen LogP contribution >= 0.6 is 11.8 Å². The summed E-state index contributed by atoms with van der Waals surface area (Å²) in [5.74, 6) is 2.04. The molecule has 1 fully saturated rings. The number of aromatic nitrogens is 3. The predicted octanol–water partition coefficient (Wildman–Crippen LogP) is 3.10. The zero-order valence-electron chi connectivity index (χ0n) is 14.9. The Morgan fingerprint density at radius 1 is 1.38 bits per heavy atom. The molecule has 0 radical (unpaired) electrons. The quantitative estimate of drug-likeness (QED) is 0.565. The van der Waals surface area contributed by atoms with E-state index in [1.54, 1.807) is 12.1 Å². The predicted molar refractivity (Wildman–Crippen MR) is 97.5 cm³/mol. The Labute approximate surface area is 156 Å². The van der Waals surface area contributed by atoms with Crippen molar-refractivity contribution in [1.82, 2.24) is 20.1 Å². The second kappa shape index (κ2) is 8.53. The van der Waals surface area contributed by atoms with Crippen LogP contribution in [0.5, 0.6) is 5.75 Å². The number of nitrogens with one attached hydrogen (secondary N) is 1. The fraction of sp³-hybridized carbons (Fsp3) is 0.500. The van der Waals surface area contributed by atoms with Gasteiger partial charge in [0.25, 0.3) is 0 Å². The average Bonchev–Trinajstić information content (AvgIpc) is 2.92. The molecule has 1 saturated carbocycles. The number of hydrogen-bond donors (Lipinski definition) is 1. The zero-order chi connectivity index (χ0) is 18.5. The van der Waals surface area contributed by atoms with Crippen molar-refractivity contribution in [3.8, 4) is 5.75 Å². The molecule has 0 bridgehead atoms. The molecule has 0 unspecified atom stereocenters. The van der Waals surface area contributed by atoms with Crippen molar-refractivity contribution in [2.75, 3.05) is 12.4 Å². The molecule has 3 rings (SSSR count). The minimum atomic E-state index is -0.281. The number of thioether (sulfide) groups is 1. The molecule has 1 aliphatic rings. The molecule has 1 aromatic heterocycles. The lowest BCUT2D eigenvalue weighted by Gasteiger charge is -2.25. The van der Waals surface area contributed by atoms with E-state index in [1.807, 2.05) is 18.5 Å². The van der Waals surface area contributed by atoms with Gasteiger partial charge in [-0.3, -0.25) is 4.79 Å². The molecule has 6 nitrogen and oxygen atoms in total. The van der Waals surface area contributed by atoms with E-state index in [4.69, 9.17) is 4.74 Å². The van der Waals surface area contributed by atoms with Gasteiger partial charge in [-0.1, -0.05) is 18.2 Å². The van der Waals surface area contributed by atoms with Gasteiger partial charge in [0.15, 0.2) is 11.0 Å². The average molecular weight is 378 g/mol. The summed E-state index contributed by atoms with van der Waals surface area (Å²) in [5, 5.41) is 12.2. The molecule has 0 aliphatic heterocycles. The van der Waals surface area contributed by atoms with Crippen molar-refractivity contribution in [1.29, 1.82) is 0 Å². The Morgan fingerprint density at radius 2 is 2.12 bits per heavy atom. The highest BCUT2D eigenvalue weighted by atomic mass is 32.2. The fourth-order valence-electron chi connectivity index (χ4n) is 2.72. The van der Waals surface area contributed by atoms with E-state index in [0.717, 1.165) is 30.2 Å². The van der Waals surface area contributed by atoms with Crippen molar-refractivity contribution in [3.63, 3.8) is 0 Å². The third-order valence-electron chi connectivity index (χ3n) is 4.49. The van der Waals surface area contributed by atoms with E-state index in [2.05, 4.69) is 15.5 Å². The standard InChI is InChI=1S/C18H23FN4O2S/c1-12(20-17(24)13-4-3-5-13)16-21-22-18(23(16)2)26-11-10-25-15-8-6-14(19)7-9-15/h6-9,12-13H,3-5,10-11H2,1-2H3,(H,20,24)/t12-/m0/s1. The van der Waals surface area contributed by atoms with Crippen molar-refractivity contribution >= 4 is 17.7 Å². The fourth-order valence-corrected chi connectivity index (χ4v) is 3.45. The number of carbonyl (C=O) groups excluding carboxylic acids is 1. The number of benzene rings is 1. The van der Waals surface area contributed by atoms with Crippen LogP contribution in [-0.4, -0.2) is 33.0 Å². The molecule has 1 heterocycles. The van der Waals surface area contributed by atoms with E-state index in [1.165, 1.54) is 23.9 Å². The van der Waals surface area contributed by atoms with Crippen LogP contribution in [0.3, 0.4) is 0 Å². The van der Waals surface area contributed by atoms with Gasteiger partial charge in [-0.2, -0.15) is 0 Å². The molecule has 0 saturated heterocycles. The normalized spacial score (nSPS) is 15.3. The first-order chi connectivity index (χ1) is 12.5. The van der Waals surface area contributed by atoms with Crippen molar-refractivity contribution in [3.05, 3.63) is 35.9 Å². The summed E-state index contributed by atoms with van der Waals surface area (Å²) in [5.41, 5.74) is 0. The van der Waals surface area contributed by atoms with Gasteiger partial charge in [-0.25, -0.2) is 4.39 Å². The Balaban J connectivity index is 1.46. The minimum Gasteiger partial charge on any atom is -0.493 e. The summed E-state index contributed by atoms with van der Waals surface area (Å²) >= 11 is 1.53. The highest BCUT2D eigenvalue weighted by Gasteiger charge is 2.27. The highest BCUT2D eigenvalue weighted by molar-refractivity contribution is 7.99. The first-order valence-corrected chi connectivity index (χ1v) is 9.74. The molecule has 1 aromatic carbocycles. The van der Waals surface area contributed by atoms with Crippen LogP contribution in [0, 0.1) is 11.7 Å². The molecule has 1 atom stereocenters. The van der Waals surface area contributed by atoms with Gasteiger partial charge in [-0.05, 0) is 44.0 Å². The number of halogens is 1. The van der Waals surface area contributed by atoms with Crippen molar-refractivity contribution in [2.24, 2.45) is 13.0 Å². The van der Waals surface area contributed by atoms with Gasteiger partial charge in [-0.15, -0.1) is 10.2 Å². The van der Waals surface area contributed by atoms with Crippen LogP contribution in [0.25, 0.3) is 0 Å². The molecule has 140 valence electrons. The maximum Gasteiger partial charge on any atom is 0.223 e. The first kappa shape index (κ1) is 18.7. The highest BCUT2D eigenvalue weighted by Crippen LogP contribution is 2.27. The van der Waals surface area contributed by atoms with Crippen LogP contribution in [-0.2, 0) is 11.8 Å². The van der Waals surface area contributed by atoms with Crippen molar-refractivity contribution in [2.45, 2.75) is 37.4 Å². The zero-order valence-corrected chi connectivity index (χ0v) is 15.8. The van der Waals surface area contributed by atoms with Crippen molar-refractivity contribution < 1.29 is 13.9 Å². The number of hydrogen-bond acceptors (Lipinski definition) is 5. The van der Waals surface area contributed by atoms with E-state index < -0.39 is 0 Å². The Morgan fingerprint density at radius 3 is 2.77 bits per heavy atom. The molecule has 8 heteroatoms. The molecular formula is C18H23FN4O2S. The van der Waals surface area contributed by atoms with E-state index in [9.17, 15) is 9.18 Å². The van der Waals surface area contributed by atoms with Crippen LogP contribution < -0.4 is 10.1 Å². The minimum absolute atomic E-state index is 0.105. The van der Waals surface area contributed by atoms with Crippen LogP contribution in [0.1, 0.15) is 38.1 Å². The number of ether oxygens (including phenoxy) is 1. The summed E-state index contributed by atoms with van der Waals surface area (Å²) in [6.07, 6.45) is 3.09. The molecule has 1 amide bonds. The number of carbonyl (C=O) groups is 1. The lowest BCUT2D eigenvalue weighted by Crippen LogP contribution is -2.36.